The first kappa shape index (κ1) is 24.0. The van der Waals surface area contributed by atoms with Gasteiger partial charge >= 0.3 is 0 Å². The smallest absolute Gasteiger partial charge is 0.251 e. The maximum Gasteiger partial charge on any atom is 0.251 e. The molecule has 2 rings (SSSR count). The van der Waals surface area contributed by atoms with Crippen LogP contribution in [0.2, 0.25) is 0 Å². The molecule has 0 spiro atoms. The number of hydrogen-bond donors (Lipinski definition) is 4. The molecule has 1 aromatic carbocycles. The number of rotatable bonds is 10. The van der Waals surface area contributed by atoms with E-state index >= 15 is 0 Å². The summed E-state index contributed by atoms with van der Waals surface area (Å²) in [6.07, 6.45) is 7.71. The number of carbonyl (C=O) groups excluding carboxylic acids is 2. The van der Waals surface area contributed by atoms with E-state index in [1.165, 1.54) is 0 Å². The van der Waals surface area contributed by atoms with Crippen LogP contribution in [0.4, 0.5) is 0 Å². The molecule has 2 atom stereocenters. The average Bonchev–Trinajstić information content (AvgIpc) is 2.78. The molecule has 0 fully saturated rings. The minimum atomic E-state index is -0.670. The zero-order valence-corrected chi connectivity index (χ0v) is 18.4. The molecule has 1 aliphatic carbocycles. The number of likely N-dealkylation sites (N-methyl/N-ethyl adjacent to an activating group) is 1. The fourth-order valence-corrected chi connectivity index (χ4v) is 3.14. The van der Waals surface area contributed by atoms with Gasteiger partial charge in [-0.25, -0.2) is 0 Å². The summed E-state index contributed by atoms with van der Waals surface area (Å²) in [6.45, 7) is 5.04. The fraction of sp³-hybridized carbons (Fsp3) is 0.391. The molecular weight excluding hydrogens is 392 g/mol. The fourth-order valence-electron chi connectivity index (χ4n) is 3.14. The van der Waals surface area contributed by atoms with Crippen LogP contribution in [-0.2, 0) is 16.0 Å². The molecule has 0 saturated heterocycles. The van der Waals surface area contributed by atoms with Crippen molar-refractivity contribution >= 4 is 23.9 Å². The molecule has 166 valence electrons. The third kappa shape index (κ3) is 7.18. The minimum Gasteiger partial charge on any atom is -0.388 e. The van der Waals surface area contributed by atoms with Crippen molar-refractivity contribution in [1.29, 1.82) is 0 Å². The van der Waals surface area contributed by atoms with Crippen molar-refractivity contribution in [3.05, 3.63) is 59.7 Å². The van der Waals surface area contributed by atoms with Gasteiger partial charge in [0.05, 0.1) is 0 Å². The maximum atomic E-state index is 12.9. The highest BCUT2D eigenvalue weighted by Gasteiger charge is 2.29. The Morgan fingerprint density at radius 1 is 1.26 bits per heavy atom. The van der Waals surface area contributed by atoms with E-state index < -0.39 is 6.04 Å². The predicted molar refractivity (Wildman–Crippen MR) is 125 cm³/mol. The zero-order chi connectivity index (χ0) is 22.7. The van der Waals surface area contributed by atoms with E-state index in [4.69, 9.17) is 5.73 Å². The number of nitrogens with two attached hydrogens (primary N) is 1. The first-order valence-electron chi connectivity index (χ1n) is 10.3. The molecule has 31 heavy (non-hydrogen) atoms. The van der Waals surface area contributed by atoms with E-state index in [9.17, 15) is 9.59 Å². The quantitative estimate of drug-likeness (QED) is 0.196. The van der Waals surface area contributed by atoms with Crippen LogP contribution < -0.4 is 21.7 Å². The van der Waals surface area contributed by atoms with Gasteiger partial charge < -0.3 is 21.7 Å². The van der Waals surface area contributed by atoms with Crippen LogP contribution >= 0.6 is 0 Å². The maximum absolute atomic E-state index is 12.9. The highest BCUT2D eigenvalue weighted by molar-refractivity contribution is 6.00. The lowest BCUT2D eigenvalue weighted by molar-refractivity contribution is -0.127. The van der Waals surface area contributed by atoms with E-state index in [1.54, 1.807) is 6.08 Å². The number of benzene rings is 1. The van der Waals surface area contributed by atoms with Gasteiger partial charge in [-0.2, -0.15) is 5.10 Å². The SMILES string of the molecule is CNCCNC(=O)[C@H](Cc1ccccc1)NC(=O)C1=CCC(C)(/C(C)=N/N=C\N)C=C1. The number of hydrogen-bond acceptors (Lipinski definition) is 5. The van der Waals surface area contributed by atoms with Crippen LogP contribution in [0, 0.1) is 5.41 Å². The Balaban J connectivity index is 2.09. The van der Waals surface area contributed by atoms with Gasteiger partial charge in [-0.05, 0) is 26.0 Å². The number of nitrogens with one attached hydrogen (secondary N) is 3. The van der Waals surface area contributed by atoms with Gasteiger partial charge in [-0.3, -0.25) is 9.59 Å². The Hall–Kier alpha value is -3.26. The standard InChI is InChI=1S/C23H32N6O2/c1-17(29-27-16-24)23(2)11-9-19(10-12-23)21(30)28-20(22(31)26-14-13-25-3)15-18-7-5-4-6-8-18/h4-11,16,20,25H,12-15H2,1-3H3,(H2,24,27)(H,26,31)(H,28,30)/b29-17+/t20-,23?/m0/s1. The molecule has 8 heteroatoms. The summed E-state index contributed by atoms with van der Waals surface area (Å²) in [5, 5.41) is 16.6. The second-order valence-electron chi connectivity index (χ2n) is 7.67. The Kier molecular flexibility index (Phi) is 9.14. The highest BCUT2D eigenvalue weighted by atomic mass is 16.2. The lowest BCUT2D eigenvalue weighted by Gasteiger charge is -2.27. The monoisotopic (exact) mass is 424 g/mol. The van der Waals surface area contributed by atoms with Crippen molar-refractivity contribution in [1.82, 2.24) is 16.0 Å². The lowest BCUT2D eigenvalue weighted by atomic mass is 9.78. The summed E-state index contributed by atoms with van der Waals surface area (Å²) >= 11 is 0. The van der Waals surface area contributed by atoms with E-state index in [0.717, 1.165) is 17.6 Å². The van der Waals surface area contributed by atoms with Crippen LogP contribution in [0.25, 0.3) is 0 Å². The van der Waals surface area contributed by atoms with Crippen molar-refractivity contribution in [2.45, 2.75) is 32.7 Å². The summed E-state index contributed by atoms with van der Waals surface area (Å²) in [7, 11) is 1.82. The van der Waals surface area contributed by atoms with Gasteiger partial charge in [-0.1, -0.05) is 55.5 Å². The summed E-state index contributed by atoms with van der Waals surface area (Å²) in [6, 6.07) is 8.96. The van der Waals surface area contributed by atoms with Crippen molar-refractivity contribution in [2.24, 2.45) is 21.4 Å². The van der Waals surface area contributed by atoms with Crippen LogP contribution in [-0.4, -0.2) is 50.0 Å². The molecule has 1 aliphatic rings. The number of amides is 2. The van der Waals surface area contributed by atoms with E-state index in [2.05, 4.69) is 26.2 Å². The summed E-state index contributed by atoms with van der Waals surface area (Å²) in [4.78, 5) is 25.6. The van der Waals surface area contributed by atoms with Gasteiger partial charge in [0.25, 0.3) is 5.91 Å². The molecule has 0 radical (unpaired) electrons. The first-order valence-corrected chi connectivity index (χ1v) is 10.3. The van der Waals surface area contributed by atoms with Crippen LogP contribution in [0.5, 0.6) is 0 Å². The molecule has 8 nitrogen and oxygen atoms in total. The van der Waals surface area contributed by atoms with Gasteiger partial charge in [0.2, 0.25) is 5.91 Å². The van der Waals surface area contributed by atoms with Crippen LogP contribution in [0.1, 0.15) is 25.8 Å². The molecular formula is C23H32N6O2. The normalized spacial score (nSPS) is 19.7. The Morgan fingerprint density at radius 3 is 2.61 bits per heavy atom. The van der Waals surface area contributed by atoms with Crippen LogP contribution in [0.3, 0.4) is 0 Å². The van der Waals surface area contributed by atoms with Gasteiger partial charge in [0, 0.05) is 36.2 Å². The van der Waals surface area contributed by atoms with E-state index in [-0.39, 0.29) is 17.2 Å². The summed E-state index contributed by atoms with van der Waals surface area (Å²) < 4.78 is 0. The zero-order valence-electron chi connectivity index (χ0n) is 18.4. The minimum absolute atomic E-state index is 0.208. The van der Waals surface area contributed by atoms with E-state index in [0.29, 0.717) is 31.5 Å². The summed E-state index contributed by atoms with van der Waals surface area (Å²) in [5.74, 6) is -0.488. The van der Waals surface area contributed by atoms with Gasteiger partial charge in [-0.15, -0.1) is 5.10 Å². The van der Waals surface area contributed by atoms with Crippen molar-refractivity contribution in [2.75, 3.05) is 20.1 Å². The van der Waals surface area contributed by atoms with Gasteiger partial charge in [0.15, 0.2) is 0 Å². The summed E-state index contributed by atoms with van der Waals surface area (Å²) in [5.41, 5.74) is 7.21. The van der Waals surface area contributed by atoms with Crippen molar-refractivity contribution in [3.8, 4) is 0 Å². The molecule has 0 heterocycles. The number of carbonyl (C=O) groups is 2. The Labute approximate surface area is 183 Å². The molecule has 2 amide bonds. The molecule has 0 aliphatic heterocycles. The lowest BCUT2D eigenvalue weighted by Crippen LogP contribution is -2.49. The topological polar surface area (TPSA) is 121 Å². The Bertz CT molecular complexity index is 875. The molecule has 5 N–H and O–H groups in total. The van der Waals surface area contributed by atoms with Gasteiger partial charge in [0.1, 0.15) is 12.4 Å². The first-order chi connectivity index (χ1) is 14.9. The molecule has 1 aromatic rings. The predicted octanol–water partition coefficient (Wildman–Crippen LogP) is 1.31. The molecule has 0 aromatic heterocycles. The second kappa shape index (κ2) is 11.8. The Morgan fingerprint density at radius 2 is 2.00 bits per heavy atom. The molecule has 0 bridgehead atoms. The number of nitrogens with zero attached hydrogens (tertiary/aromatic N) is 2. The van der Waals surface area contributed by atoms with Crippen molar-refractivity contribution < 1.29 is 9.59 Å². The third-order valence-corrected chi connectivity index (χ3v) is 5.32. The average molecular weight is 425 g/mol. The van der Waals surface area contributed by atoms with Crippen LogP contribution in [0.15, 0.2) is 64.3 Å². The molecule has 1 unspecified atom stereocenters. The van der Waals surface area contributed by atoms with Crippen molar-refractivity contribution in [3.63, 3.8) is 0 Å². The number of allylic oxidation sites excluding steroid dienone is 2. The largest absolute Gasteiger partial charge is 0.388 e. The van der Waals surface area contributed by atoms with E-state index in [1.807, 2.05) is 63.4 Å². The third-order valence-electron chi connectivity index (χ3n) is 5.32. The second-order valence-corrected chi connectivity index (χ2v) is 7.67. The molecule has 0 saturated carbocycles. The highest BCUT2D eigenvalue weighted by Crippen LogP contribution is 2.31.